The minimum Gasteiger partial charge on any atom is -0.393 e. The molecule has 186 valence electrons. The van der Waals surface area contributed by atoms with Crippen molar-refractivity contribution in [1.82, 2.24) is 28.9 Å². The minimum atomic E-state index is -3.64. The molecule has 1 spiro atoms. The van der Waals surface area contributed by atoms with Gasteiger partial charge in [0.2, 0.25) is 0 Å². The maximum atomic E-state index is 13.2. The number of fused-ring (bicyclic) bond motifs is 1. The van der Waals surface area contributed by atoms with Crippen LogP contribution >= 0.6 is 0 Å². The molecule has 34 heavy (non-hydrogen) atoms. The Bertz CT molecular complexity index is 1150. The second-order valence-corrected chi connectivity index (χ2v) is 11.2. The van der Waals surface area contributed by atoms with E-state index in [1.54, 1.807) is 4.31 Å². The van der Waals surface area contributed by atoms with Crippen LogP contribution in [-0.4, -0.2) is 106 Å². The molecule has 3 fully saturated rings. The topological polar surface area (TPSA) is 155 Å². The first-order chi connectivity index (χ1) is 16.3. The highest BCUT2D eigenvalue weighted by Crippen LogP contribution is 2.46. The fraction of sp³-hybridized carbons (Fsp3) is 0.667. The summed E-state index contributed by atoms with van der Waals surface area (Å²) in [4.78, 5) is 27.5. The van der Waals surface area contributed by atoms with Gasteiger partial charge in [0, 0.05) is 45.5 Å². The smallest absolute Gasteiger partial charge is 0.280 e. The van der Waals surface area contributed by atoms with Crippen molar-refractivity contribution in [3.05, 3.63) is 18.6 Å². The van der Waals surface area contributed by atoms with Gasteiger partial charge in [0.1, 0.15) is 17.8 Å². The van der Waals surface area contributed by atoms with Crippen LogP contribution in [0.15, 0.2) is 18.6 Å². The van der Waals surface area contributed by atoms with Gasteiger partial charge < -0.3 is 25.0 Å². The number of carbonyl (C=O) groups is 1. The Hall–Kier alpha value is -2.32. The van der Waals surface area contributed by atoms with E-state index < -0.39 is 34.4 Å². The number of aromatic nitrogens is 3. The number of carbonyl (C=O) groups excluding carboxylic acids is 1. The number of anilines is 1. The summed E-state index contributed by atoms with van der Waals surface area (Å²) in [5.74, 6) is 0.514. The van der Waals surface area contributed by atoms with Crippen LogP contribution < -0.4 is 9.62 Å². The lowest BCUT2D eigenvalue weighted by molar-refractivity contribution is -0.141. The van der Waals surface area contributed by atoms with Gasteiger partial charge in [0.05, 0.1) is 17.5 Å². The molecule has 4 heterocycles. The summed E-state index contributed by atoms with van der Waals surface area (Å²) in [6, 6.07) is 1.94. The highest BCUT2D eigenvalue weighted by Gasteiger charge is 2.56. The molecule has 0 aromatic carbocycles. The number of amides is 1. The quantitative estimate of drug-likeness (QED) is 0.366. The molecule has 1 amide bonds. The van der Waals surface area contributed by atoms with Crippen LogP contribution in [0.4, 0.5) is 5.82 Å². The van der Waals surface area contributed by atoms with Crippen LogP contribution in [-0.2, 0) is 15.0 Å². The molecule has 2 aromatic rings. The van der Waals surface area contributed by atoms with Gasteiger partial charge in [-0.25, -0.2) is 14.7 Å². The summed E-state index contributed by atoms with van der Waals surface area (Å²) in [5, 5.41) is 19.4. The van der Waals surface area contributed by atoms with Crippen molar-refractivity contribution in [3.8, 4) is 0 Å². The van der Waals surface area contributed by atoms with E-state index in [-0.39, 0.29) is 5.92 Å². The zero-order chi connectivity index (χ0) is 23.9. The van der Waals surface area contributed by atoms with Crippen molar-refractivity contribution in [1.29, 1.82) is 0 Å². The number of aliphatic hydroxyl groups excluding tert-OH is 2. The highest BCUT2D eigenvalue weighted by molar-refractivity contribution is 7.87. The third-order valence-electron chi connectivity index (χ3n) is 7.23. The zero-order valence-corrected chi connectivity index (χ0v) is 19.7. The Balaban J connectivity index is 1.17. The number of hydrogen-bond acceptors (Lipinski definition) is 8. The van der Waals surface area contributed by atoms with Gasteiger partial charge in [-0.05, 0) is 37.7 Å². The van der Waals surface area contributed by atoms with Gasteiger partial charge in [-0.2, -0.15) is 12.7 Å². The highest BCUT2D eigenvalue weighted by atomic mass is 32.2. The Kier molecular flexibility index (Phi) is 6.23. The summed E-state index contributed by atoms with van der Waals surface area (Å²) in [5.41, 5.74) is 0.360. The Labute approximate surface area is 198 Å². The average Bonchev–Trinajstić information content (AvgIpc) is 3.23. The van der Waals surface area contributed by atoms with E-state index in [0.717, 1.165) is 36.1 Å². The second-order valence-electron chi connectivity index (χ2n) is 9.48. The molecular formula is C21H31N7O5S. The van der Waals surface area contributed by atoms with Crippen LogP contribution in [0.1, 0.15) is 25.7 Å². The molecule has 0 radical (unpaired) electrons. The summed E-state index contributed by atoms with van der Waals surface area (Å²) in [6.07, 6.45) is 4.96. The number of aromatic amines is 1. The monoisotopic (exact) mass is 493 g/mol. The molecule has 4 N–H and O–H groups in total. The van der Waals surface area contributed by atoms with Crippen LogP contribution in [0.5, 0.6) is 0 Å². The van der Waals surface area contributed by atoms with Crippen molar-refractivity contribution < 1.29 is 23.4 Å². The Morgan fingerprint density at radius 2 is 2.12 bits per heavy atom. The van der Waals surface area contributed by atoms with Crippen LogP contribution in [0, 0.1) is 5.92 Å². The van der Waals surface area contributed by atoms with E-state index in [1.807, 2.05) is 12.3 Å². The third-order valence-corrected chi connectivity index (χ3v) is 8.95. The van der Waals surface area contributed by atoms with Crippen molar-refractivity contribution in [2.45, 2.75) is 37.3 Å². The fourth-order valence-corrected chi connectivity index (χ4v) is 6.81. The number of rotatable bonds is 8. The van der Waals surface area contributed by atoms with Crippen molar-refractivity contribution in [2.75, 3.05) is 50.8 Å². The minimum absolute atomic E-state index is 0.158. The predicted molar refractivity (Wildman–Crippen MR) is 124 cm³/mol. The number of nitrogens with one attached hydrogen (secondary N) is 2. The normalized spacial score (nSPS) is 23.6. The average molecular weight is 494 g/mol. The Morgan fingerprint density at radius 1 is 1.29 bits per heavy atom. The molecule has 5 rings (SSSR count). The summed E-state index contributed by atoms with van der Waals surface area (Å²) in [7, 11) is -3.64. The van der Waals surface area contributed by atoms with Gasteiger partial charge in [-0.3, -0.25) is 4.79 Å². The first-order valence-corrected chi connectivity index (χ1v) is 13.2. The van der Waals surface area contributed by atoms with Crippen molar-refractivity contribution in [3.63, 3.8) is 0 Å². The number of likely N-dealkylation sites (tertiary alicyclic amines) is 1. The van der Waals surface area contributed by atoms with Gasteiger partial charge in [0.25, 0.3) is 16.1 Å². The molecule has 12 nitrogen and oxygen atoms in total. The first kappa shape index (κ1) is 23.4. The second kappa shape index (κ2) is 9.04. The maximum Gasteiger partial charge on any atom is 0.280 e. The largest absolute Gasteiger partial charge is 0.393 e. The number of hydrogen-bond donors (Lipinski definition) is 4. The molecule has 13 heteroatoms. The lowest BCUT2D eigenvalue weighted by Gasteiger charge is -2.41. The molecule has 0 bridgehead atoms. The summed E-state index contributed by atoms with van der Waals surface area (Å²) >= 11 is 0. The molecule has 1 aliphatic carbocycles. The lowest BCUT2D eigenvalue weighted by atomic mass is 10.1. The van der Waals surface area contributed by atoms with Gasteiger partial charge in [0.15, 0.2) is 6.10 Å². The van der Waals surface area contributed by atoms with Crippen LogP contribution in [0.25, 0.3) is 11.0 Å². The maximum absolute atomic E-state index is 13.2. The standard InChI is InChI=1S/C21H31N7O5S/c29-12-17(30)20(31)26-8-3-15(11-26)1-7-25-34(32,33)28-10-9-27(13-21(28)4-5-21)19-16-2-6-22-18(16)23-14-24-19/h2,6,14-15,17,25,29-30H,1,3-5,7-13H2,(H,22,23,24). The SMILES string of the molecule is O=C(C(O)CO)N1CCC(CCNS(=O)(=O)N2CCN(c3ncnc4[nH]ccc34)CC23CC3)C1. The van der Waals surface area contributed by atoms with Crippen LogP contribution in [0.3, 0.4) is 0 Å². The molecular weight excluding hydrogens is 462 g/mol. The molecule has 2 aliphatic heterocycles. The van der Waals surface area contributed by atoms with E-state index in [0.29, 0.717) is 45.7 Å². The molecule has 1 saturated carbocycles. The molecule has 3 aliphatic rings. The molecule has 2 saturated heterocycles. The molecule has 2 atom stereocenters. The van der Waals surface area contributed by atoms with Crippen molar-refractivity contribution >= 4 is 33.0 Å². The molecule has 2 aromatic heterocycles. The predicted octanol–water partition coefficient (Wildman–Crippen LogP) is -0.961. The molecule has 2 unspecified atom stereocenters. The van der Waals surface area contributed by atoms with Gasteiger partial charge >= 0.3 is 0 Å². The first-order valence-electron chi connectivity index (χ1n) is 11.7. The van der Waals surface area contributed by atoms with Gasteiger partial charge in [-0.15, -0.1) is 0 Å². The van der Waals surface area contributed by atoms with Gasteiger partial charge in [-0.1, -0.05) is 0 Å². The van der Waals surface area contributed by atoms with Crippen LogP contribution in [0.2, 0.25) is 0 Å². The van der Waals surface area contributed by atoms with E-state index in [4.69, 9.17) is 5.11 Å². The van der Waals surface area contributed by atoms with E-state index in [2.05, 4.69) is 24.6 Å². The summed E-state index contributed by atoms with van der Waals surface area (Å²) in [6.45, 7) is 2.20. The third kappa shape index (κ3) is 4.38. The number of nitrogens with zero attached hydrogens (tertiary/aromatic N) is 5. The summed E-state index contributed by atoms with van der Waals surface area (Å²) < 4.78 is 30.7. The number of H-pyrrole nitrogens is 1. The lowest BCUT2D eigenvalue weighted by Crippen LogP contribution is -2.59. The Morgan fingerprint density at radius 3 is 2.88 bits per heavy atom. The fourth-order valence-electron chi connectivity index (χ4n) is 5.21. The van der Waals surface area contributed by atoms with E-state index in [1.165, 1.54) is 11.2 Å². The number of aliphatic hydroxyl groups is 2. The van der Waals surface area contributed by atoms with Crippen molar-refractivity contribution in [2.24, 2.45) is 5.92 Å². The number of piperazine rings is 1. The van der Waals surface area contributed by atoms with E-state index >= 15 is 0 Å². The zero-order valence-electron chi connectivity index (χ0n) is 18.9. The van der Waals surface area contributed by atoms with E-state index in [9.17, 15) is 18.3 Å².